The van der Waals surface area contributed by atoms with Gasteiger partial charge in [0.1, 0.15) is 11.3 Å². The molecule has 1 saturated heterocycles. The zero-order chi connectivity index (χ0) is 15.9. The summed E-state index contributed by atoms with van der Waals surface area (Å²) in [7, 11) is 1.25. The minimum absolute atomic E-state index is 0.0379. The molecule has 1 aromatic carbocycles. The molecule has 1 N–H and O–H groups in total. The van der Waals surface area contributed by atoms with E-state index < -0.39 is 17.4 Å². The lowest BCUT2D eigenvalue weighted by Crippen LogP contribution is -2.47. The summed E-state index contributed by atoms with van der Waals surface area (Å²) >= 11 is 0. The fourth-order valence-electron chi connectivity index (χ4n) is 2.77. The smallest absolute Gasteiger partial charge is 0.354 e. The number of methoxy groups -OCH3 is 1. The van der Waals surface area contributed by atoms with Gasteiger partial charge < -0.3 is 4.74 Å². The SMILES string of the molecule is COC(=O)C1=NN[C@]2(CC(=O)N(c3cccc(C)c3)C2=O)C1. The number of anilines is 1. The number of ether oxygens (including phenoxy) is 1. The van der Waals surface area contributed by atoms with E-state index in [4.69, 9.17) is 0 Å². The molecule has 7 nitrogen and oxygen atoms in total. The molecule has 1 aromatic rings. The second kappa shape index (κ2) is 4.94. The molecule has 1 atom stereocenters. The fraction of sp³-hybridized carbons (Fsp3) is 0.333. The highest BCUT2D eigenvalue weighted by Crippen LogP contribution is 2.34. The van der Waals surface area contributed by atoms with Crippen LogP contribution in [0, 0.1) is 6.92 Å². The van der Waals surface area contributed by atoms with Gasteiger partial charge in [-0.2, -0.15) is 5.10 Å². The molecule has 7 heteroatoms. The van der Waals surface area contributed by atoms with E-state index in [1.807, 2.05) is 13.0 Å². The van der Waals surface area contributed by atoms with Gasteiger partial charge in [-0.3, -0.25) is 15.0 Å². The number of nitrogens with zero attached hydrogens (tertiary/aromatic N) is 2. The second-order valence-corrected chi connectivity index (χ2v) is 5.47. The van der Waals surface area contributed by atoms with Crippen molar-refractivity contribution in [1.82, 2.24) is 5.43 Å². The Balaban J connectivity index is 1.89. The number of rotatable bonds is 2. The Hall–Kier alpha value is -2.70. The van der Waals surface area contributed by atoms with Gasteiger partial charge in [0.15, 0.2) is 0 Å². The highest BCUT2D eigenvalue weighted by Gasteiger charge is 2.56. The maximum Gasteiger partial charge on any atom is 0.354 e. The van der Waals surface area contributed by atoms with E-state index in [0.29, 0.717) is 5.69 Å². The Morgan fingerprint density at radius 2 is 2.14 bits per heavy atom. The number of hydrazone groups is 1. The maximum atomic E-state index is 12.7. The van der Waals surface area contributed by atoms with Crippen LogP contribution in [0.2, 0.25) is 0 Å². The van der Waals surface area contributed by atoms with Gasteiger partial charge in [-0.05, 0) is 24.6 Å². The highest BCUT2D eigenvalue weighted by atomic mass is 16.5. The van der Waals surface area contributed by atoms with Gasteiger partial charge in [-0.25, -0.2) is 9.69 Å². The third-order valence-corrected chi connectivity index (χ3v) is 3.87. The summed E-state index contributed by atoms with van der Waals surface area (Å²) in [6.45, 7) is 1.89. The number of hydrogen-bond donors (Lipinski definition) is 1. The largest absolute Gasteiger partial charge is 0.464 e. The third-order valence-electron chi connectivity index (χ3n) is 3.87. The molecule has 2 amide bonds. The topological polar surface area (TPSA) is 88.1 Å². The summed E-state index contributed by atoms with van der Waals surface area (Å²) in [5, 5.41) is 3.86. The lowest BCUT2D eigenvalue weighted by Gasteiger charge is -2.21. The van der Waals surface area contributed by atoms with E-state index in [0.717, 1.165) is 10.5 Å². The van der Waals surface area contributed by atoms with Gasteiger partial charge in [-0.1, -0.05) is 12.1 Å². The van der Waals surface area contributed by atoms with E-state index in [9.17, 15) is 14.4 Å². The molecule has 0 radical (unpaired) electrons. The molecule has 3 rings (SSSR count). The first-order valence-corrected chi connectivity index (χ1v) is 6.83. The van der Waals surface area contributed by atoms with E-state index in [2.05, 4.69) is 15.3 Å². The van der Waals surface area contributed by atoms with Crippen LogP contribution in [-0.4, -0.2) is 36.1 Å². The maximum absolute atomic E-state index is 12.7. The first kappa shape index (κ1) is 14.2. The first-order valence-electron chi connectivity index (χ1n) is 6.83. The quantitative estimate of drug-likeness (QED) is 0.635. The molecule has 1 fully saturated rings. The number of nitrogens with one attached hydrogen (secondary N) is 1. The van der Waals surface area contributed by atoms with Gasteiger partial charge in [0, 0.05) is 6.42 Å². The van der Waals surface area contributed by atoms with E-state index in [1.54, 1.807) is 18.2 Å². The van der Waals surface area contributed by atoms with Crippen LogP contribution in [0.15, 0.2) is 29.4 Å². The molecule has 0 bridgehead atoms. The molecule has 22 heavy (non-hydrogen) atoms. The summed E-state index contributed by atoms with van der Waals surface area (Å²) in [5.74, 6) is -1.31. The average Bonchev–Trinajstić information content (AvgIpc) is 3.01. The molecule has 0 unspecified atom stereocenters. The van der Waals surface area contributed by atoms with Gasteiger partial charge in [0.25, 0.3) is 5.91 Å². The van der Waals surface area contributed by atoms with Gasteiger partial charge >= 0.3 is 5.97 Å². The van der Waals surface area contributed by atoms with Crippen molar-refractivity contribution in [2.75, 3.05) is 12.0 Å². The Bertz CT molecular complexity index is 712. The van der Waals surface area contributed by atoms with E-state index in [1.165, 1.54) is 7.11 Å². The number of amides is 2. The normalized spacial score (nSPS) is 23.7. The van der Waals surface area contributed by atoms with Crippen LogP contribution in [0.5, 0.6) is 0 Å². The molecule has 2 aliphatic heterocycles. The third kappa shape index (κ3) is 2.05. The summed E-state index contributed by atoms with van der Waals surface area (Å²) in [6.07, 6.45) is 0.0102. The molecule has 0 aromatic heterocycles. The molecule has 2 heterocycles. The first-order chi connectivity index (χ1) is 10.5. The predicted molar refractivity (Wildman–Crippen MR) is 78.2 cm³/mol. The zero-order valence-corrected chi connectivity index (χ0v) is 12.3. The average molecular weight is 301 g/mol. The Labute approximate surface area is 126 Å². The van der Waals surface area contributed by atoms with Crippen LogP contribution >= 0.6 is 0 Å². The van der Waals surface area contributed by atoms with Gasteiger partial charge in [-0.15, -0.1) is 0 Å². The summed E-state index contributed by atoms with van der Waals surface area (Å²) in [5.41, 5.74) is 3.09. The fourth-order valence-corrected chi connectivity index (χ4v) is 2.77. The van der Waals surface area contributed by atoms with Crippen LogP contribution in [0.3, 0.4) is 0 Å². The van der Waals surface area contributed by atoms with Crippen LogP contribution in [0.25, 0.3) is 0 Å². The minimum atomic E-state index is -1.18. The van der Waals surface area contributed by atoms with E-state index >= 15 is 0 Å². The van der Waals surface area contributed by atoms with Crippen molar-refractivity contribution in [1.29, 1.82) is 0 Å². The number of carbonyl (C=O) groups is 3. The number of esters is 1. The number of hydrogen-bond acceptors (Lipinski definition) is 6. The molecule has 1 spiro atoms. The van der Waals surface area contributed by atoms with Gasteiger partial charge in [0.05, 0.1) is 19.2 Å². The zero-order valence-electron chi connectivity index (χ0n) is 12.3. The Morgan fingerprint density at radius 3 is 2.82 bits per heavy atom. The second-order valence-electron chi connectivity index (χ2n) is 5.47. The standard InChI is InChI=1S/C15H15N3O4/c1-9-4-3-5-10(6-9)18-12(19)8-15(14(18)21)7-11(16-17-15)13(20)22-2/h3-6,17H,7-8H2,1-2H3/t15-/m0/s1. The minimum Gasteiger partial charge on any atom is -0.464 e. The van der Waals surface area contributed by atoms with Crippen molar-refractivity contribution in [2.45, 2.75) is 25.3 Å². The molecular weight excluding hydrogens is 286 g/mol. The Morgan fingerprint density at radius 1 is 1.36 bits per heavy atom. The van der Waals surface area contributed by atoms with Crippen molar-refractivity contribution >= 4 is 29.2 Å². The monoisotopic (exact) mass is 301 g/mol. The van der Waals surface area contributed by atoms with E-state index in [-0.39, 0.29) is 24.5 Å². The van der Waals surface area contributed by atoms with Crippen molar-refractivity contribution < 1.29 is 19.1 Å². The van der Waals surface area contributed by atoms with Crippen LogP contribution in [-0.2, 0) is 19.1 Å². The summed E-state index contributed by atoms with van der Waals surface area (Å²) < 4.78 is 4.61. The lowest BCUT2D eigenvalue weighted by atomic mass is 9.93. The van der Waals surface area contributed by atoms with Crippen molar-refractivity contribution in [3.05, 3.63) is 29.8 Å². The highest BCUT2D eigenvalue weighted by molar-refractivity contribution is 6.39. The number of carbonyl (C=O) groups excluding carboxylic acids is 3. The van der Waals surface area contributed by atoms with Crippen molar-refractivity contribution in [3.63, 3.8) is 0 Å². The van der Waals surface area contributed by atoms with Crippen molar-refractivity contribution in [3.8, 4) is 0 Å². The number of imide groups is 1. The number of aryl methyl sites for hydroxylation is 1. The molecule has 2 aliphatic rings. The van der Waals surface area contributed by atoms with Crippen LogP contribution in [0.4, 0.5) is 5.69 Å². The summed E-state index contributed by atoms with van der Waals surface area (Å²) in [6, 6.07) is 7.15. The number of benzene rings is 1. The summed E-state index contributed by atoms with van der Waals surface area (Å²) in [4.78, 5) is 37.7. The van der Waals surface area contributed by atoms with Gasteiger partial charge in [0.2, 0.25) is 5.91 Å². The Kier molecular flexibility index (Phi) is 3.20. The van der Waals surface area contributed by atoms with Crippen molar-refractivity contribution in [2.24, 2.45) is 5.10 Å². The predicted octanol–water partition coefficient (Wildman–Crippen LogP) is 0.519. The molecule has 0 aliphatic carbocycles. The van der Waals surface area contributed by atoms with Crippen LogP contribution in [0.1, 0.15) is 18.4 Å². The molecule has 0 saturated carbocycles. The van der Waals surface area contributed by atoms with Crippen LogP contribution < -0.4 is 10.3 Å². The molecule has 114 valence electrons. The lowest BCUT2D eigenvalue weighted by molar-refractivity contribution is -0.132. The molecular formula is C15H15N3O4.